The van der Waals surface area contributed by atoms with Crippen molar-refractivity contribution in [2.24, 2.45) is 5.92 Å². The number of carbonyl (C=O) groups excluding carboxylic acids is 2. The van der Waals surface area contributed by atoms with Gasteiger partial charge in [0.05, 0.1) is 22.9 Å². The molecular formula is C20H22ClF2N5O3. The Hall–Kier alpha value is -2.72. The number of amides is 3. The molecule has 0 saturated heterocycles. The summed E-state index contributed by atoms with van der Waals surface area (Å²) >= 11 is 5.71. The molecule has 1 aromatic heterocycles. The maximum Gasteiger partial charge on any atom is 0.322 e. The highest BCUT2D eigenvalue weighted by Crippen LogP contribution is 2.30. The predicted octanol–water partition coefficient (Wildman–Crippen LogP) is 2.49. The van der Waals surface area contributed by atoms with Crippen molar-refractivity contribution in [1.29, 1.82) is 0 Å². The monoisotopic (exact) mass is 453 g/mol. The molecule has 31 heavy (non-hydrogen) atoms. The Morgan fingerprint density at radius 2 is 2.06 bits per heavy atom. The van der Waals surface area contributed by atoms with Crippen LogP contribution in [-0.2, 0) is 19.5 Å². The zero-order chi connectivity index (χ0) is 22.4. The fourth-order valence-corrected chi connectivity index (χ4v) is 4.28. The van der Waals surface area contributed by atoms with Gasteiger partial charge in [0.25, 0.3) is 5.91 Å². The lowest BCUT2D eigenvalue weighted by atomic mass is 9.99. The quantitative estimate of drug-likeness (QED) is 0.683. The molecule has 2 N–H and O–H groups in total. The third-order valence-electron chi connectivity index (χ3n) is 5.77. The Balaban J connectivity index is 1.63. The second kappa shape index (κ2) is 8.08. The van der Waals surface area contributed by atoms with Gasteiger partial charge in [0.15, 0.2) is 0 Å². The number of benzene rings is 1. The Kier molecular flexibility index (Phi) is 5.61. The Bertz CT molecular complexity index is 1060. The molecule has 0 radical (unpaired) electrons. The summed E-state index contributed by atoms with van der Waals surface area (Å²) in [5.41, 5.74) is 1.53. The van der Waals surface area contributed by atoms with E-state index in [-0.39, 0.29) is 41.7 Å². The van der Waals surface area contributed by atoms with E-state index in [4.69, 9.17) is 11.6 Å². The van der Waals surface area contributed by atoms with Crippen LogP contribution in [0.2, 0.25) is 5.02 Å². The normalized spacial score (nSPS) is 20.9. The van der Waals surface area contributed by atoms with Crippen LogP contribution < -0.4 is 5.32 Å². The van der Waals surface area contributed by atoms with E-state index in [9.17, 15) is 23.5 Å². The number of aromatic nitrogens is 2. The number of carbonyl (C=O) groups is 2. The van der Waals surface area contributed by atoms with Crippen LogP contribution in [0.1, 0.15) is 28.7 Å². The predicted molar refractivity (Wildman–Crippen MR) is 109 cm³/mol. The summed E-state index contributed by atoms with van der Waals surface area (Å²) in [5, 5.41) is 16.3. The number of rotatable bonds is 2. The van der Waals surface area contributed by atoms with Crippen molar-refractivity contribution in [3.63, 3.8) is 0 Å². The summed E-state index contributed by atoms with van der Waals surface area (Å²) in [6.45, 7) is 2.66. The van der Waals surface area contributed by atoms with Crippen molar-refractivity contribution in [3.8, 4) is 0 Å². The van der Waals surface area contributed by atoms with Crippen LogP contribution >= 0.6 is 11.6 Å². The average Bonchev–Trinajstić information content (AvgIpc) is 3.00. The molecule has 0 saturated carbocycles. The van der Waals surface area contributed by atoms with Gasteiger partial charge in [-0.3, -0.25) is 9.48 Å². The molecular weight excluding hydrogens is 432 g/mol. The number of hydrogen-bond acceptors (Lipinski definition) is 4. The van der Waals surface area contributed by atoms with Crippen LogP contribution in [0.5, 0.6) is 0 Å². The van der Waals surface area contributed by atoms with Crippen molar-refractivity contribution >= 4 is 29.2 Å². The summed E-state index contributed by atoms with van der Waals surface area (Å²) in [6, 6.07) is 0.762. The Morgan fingerprint density at radius 1 is 1.32 bits per heavy atom. The molecule has 8 nitrogen and oxygen atoms in total. The summed E-state index contributed by atoms with van der Waals surface area (Å²) in [7, 11) is 1.66. The minimum Gasteiger partial charge on any atom is -0.396 e. The number of fused-ring (bicyclic) bond motifs is 3. The fourth-order valence-electron chi connectivity index (χ4n) is 4.11. The van der Waals surface area contributed by atoms with E-state index in [0.717, 1.165) is 11.8 Å². The van der Waals surface area contributed by atoms with Gasteiger partial charge in [0.1, 0.15) is 17.3 Å². The largest absolute Gasteiger partial charge is 0.396 e. The molecule has 3 heterocycles. The minimum absolute atomic E-state index is 0.0711. The molecule has 11 heteroatoms. The number of nitrogens with zero attached hydrogens (tertiary/aromatic N) is 4. The lowest BCUT2D eigenvalue weighted by Gasteiger charge is -2.33. The van der Waals surface area contributed by atoms with Crippen LogP contribution in [0.4, 0.5) is 19.3 Å². The van der Waals surface area contributed by atoms with Crippen LogP contribution in [0.25, 0.3) is 0 Å². The fraction of sp³-hybridized carbons (Fsp3) is 0.450. The van der Waals surface area contributed by atoms with Gasteiger partial charge in [-0.15, -0.1) is 0 Å². The smallest absolute Gasteiger partial charge is 0.322 e. The maximum absolute atomic E-state index is 14.1. The van der Waals surface area contributed by atoms with Gasteiger partial charge in [0.2, 0.25) is 0 Å². The number of halogens is 3. The molecule has 0 aliphatic carbocycles. The zero-order valence-electron chi connectivity index (χ0n) is 17.0. The van der Waals surface area contributed by atoms with Crippen molar-refractivity contribution in [2.45, 2.75) is 32.5 Å². The van der Waals surface area contributed by atoms with Crippen molar-refractivity contribution in [1.82, 2.24) is 19.6 Å². The third-order valence-corrected chi connectivity index (χ3v) is 6.06. The van der Waals surface area contributed by atoms with E-state index in [1.807, 2.05) is 6.92 Å². The van der Waals surface area contributed by atoms with Gasteiger partial charge in [-0.1, -0.05) is 11.6 Å². The number of aliphatic hydroxyl groups excluding tert-OH is 1. The van der Waals surface area contributed by atoms with Gasteiger partial charge < -0.3 is 20.2 Å². The SMILES string of the molecule is C[C@@H]1Cc2nn3c(c2CN1C(=O)Nc1cc(Cl)c(F)cc1F)C(=O)N(C)C[C@@H](CO)C3. The number of hydrogen-bond donors (Lipinski definition) is 2. The topological polar surface area (TPSA) is 90.7 Å². The van der Waals surface area contributed by atoms with E-state index in [2.05, 4.69) is 10.4 Å². The van der Waals surface area contributed by atoms with E-state index >= 15 is 0 Å². The summed E-state index contributed by atoms with van der Waals surface area (Å²) in [6.07, 6.45) is 0.413. The highest BCUT2D eigenvalue weighted by Gasteiger charge is 2.37. The second-order valence-electron chi connectivity index (χ2n) is 8.05. The third kappa shape index (κ3) is 3.85. The first-order valence-corrected chi connectivity index (χ1v) is 10.2. The van der Waals surface area contributed by atoms with Gasteiger partial charge in [0, 0.05) is 56.8 Å². The molecule has 166 valence electrons. The Morgan fingerprint density at radius 3 is 2.77 bits per heavy atom. The van der Waals surface area contributed by atoms with E-state index in [1.54, 1.807) is 16.6 Å². The van der Waals surface area contributed by atoms with E-state index in [1.165, 1.54) is 4.90 Å². The van der Waals surface area contributed by atoms with Crippen molar-refractivity contribution in [3.05, 3.63) is 45.7 Å². The maximum atomic E-state index is 14.1. The molecule has 0 bridgehead atoms. The molecule has 2 aromatic rings. The number of aliphatic hydroxyl groups is 1. The van der Waals surface area contributed by atoms with E-state index in [0.29, 0.717) is 36.8 Å². The Labute approximate surface area is 182 Å². The molecule has 2 atom stereocenters. The van der Waals surface area contributed by atoms with Crippen LogP contribution in [-0.4, -0.2) is 62.9 Å². The molecule has 2 aliphatic heterocycles. The van der Waals surface area contributed by atoms with Crippen molar-refractivity contribution in [2.75, 3.05) is 25.5 Å². The summed E-state index contributed by atoms with van der Waals surface area (Å²) in [4.78, 5) is 28.9. The second-order valence-corrected chi connectivity index (χ2v) is 8.45. The summed E-state index contributed by atoms with van der Waals surface area (Å²) in [5.74, 6) is -2.22. The number of nitrogens with one attached hydrogen (secondary N) is 1. The summed E-state index contributed by atoms with van der Waals surface area (Å²) < 4.78 is 29.1. The molecule has 2 aliphatic rings. The van der Waals surface area contributed by atoms with Crippen LogP contribution in [0, 0.1) is 17.6 Å². The molecule has 0 spiro atoms. The van der Waals surface area contributed by atoms with E-state index < -0.39 is 17.7 Å². The first kappa shape index (κ1) is 21.5. The molecule has 0 unspecified atom stereocenters. The van der Waals surface area contributed by atoms with Gasteiger partial charge in [-0.05, 0) is 13.0 Å². The highest BCUT2D eigenvalue weighted by atomic mass is 35.5. The van der Waals surface area contributed by atoms with Crippen LogP contribution in [0.3, 0.4) is 0 Å². The average molecular weight is 454 g/mol. The number of anilines is 1. The highest BCUT2D eigenvalue weighted by molar-refractivity contribution is 6.31. The van der Waals surface area contributed by atoms with Crippen LogP contribution in [0.15, 0.2) is 12.1 Å². The number of urea groups is 1. The van der Waals surface area contributed by atoms with Gasteiger partial charge >= 0.3 is 6.03 Å². The lowest BCUT2D eigenvalue weighted by molar-refractivity contribution is 0.0761. The standard InChI is InChI=1S/C20H22ClF2N5O3/c1-10-3-16-12(18-19(30)26(2)6-11(9-29)7-28(18)25-16)8-27(10)20(31)24-17-4-13(21)14(22)5-15(17)23/h4-5,10-11,29H,3,6-9H2,1-2H3,(H,24,31)/t10-,11-/m1/s1. The first-order valence-electron chi connectivity index (χ1n) is 9.86. The lowest BCUT2D eigenvalue weighted by Crippen LogP contribution is -2.45. The molecule has 3 amide bonds. The molecule has 0 fully saturated rings. The minimum atomic E-state index is -0.938. The van der Waals surface area contributed by atoms with Gasteiger partial charge in [-0.25, -0.2) is 13.6 Å². The molecule has 4 rings (SSSR count). The van der Waals surface area contributed by atoms with Crippen molar-refractivity contribution < 1.29 is 23.5 Å². The first-order chi connectivity index (χ1) is 14.7. The molecule has 1 aromatic carbocycles. The zero-order valence-corrected chi connectivity index (χ0v) is 17.8. The van der Waals surface area contributed by atoms with Gasteiger partial charge in [-0.2, -0.15) is 5.10 Å².